The predicted octanol–water partition coefficient (Wildman–Crippen LogP) is 1.72. The summed E-state index contributed by atoms with van der Waals surface area (Å²) in [5.41, 5.74) is 0.624. The molecular weight excluding hydrogens is 172 g/mol. The zero-order chi connectivity index (χ0) is 10.0. The van der Waals surface area contributed by atoms with Gasteiger partial charge >= 0.3 is 0 Å². The zero-order valence-electron chi connectivity index (χ0n) is 9.68. The number of hydrogen-bond acceptors (Lipinski definition) is 2. The first-order valence-corrected chi connectivity index (χ1v) is 6.09. The van der Waals surface area contributed by atoms with Gasteiger partial charge in [-0.15, -0.1) is 0 Å². The summed E-state index contributed by atoms with van der Waals surface area (Å²) in [6.45, 7) is 11.1. The average Bonchev–Trinajstić information content (AvgIpc) is 2.47. The van der Waals surface area contributed by atoms with Crippen LogP contribution in [-0.4, -0.2) is 37.6 Å². The minimum Gasteiger partial charge on any atom is -0.314 e. The first-order chi connectivity index (χ1) is 6.66. The largest absolute Gasteiger partial charge is 0.314 e. The lowest BCUT2D eigenvalue weighted by Gasteiger charge is -2.30. The minimum atomic E-state index is 0.624. The van der Waals surface area contributed by atoms with Gasteiger partial charge in [-0.25, -0.2) is 0 Å². The highest BCUT2D eigenvalue weighted by molar-refractivity contribution is 4.84. The van der Waals surface area contributed by atoms with Crippen LogP contribution in [0, 0.1) is 11.3 Å². The summed E-state index contributed by atoms with van der Waals surface area (Å²) in [6, 6.07) is 0. The molecular formula is C12H24N2. The molecule has 0 spiro atoms. The molecule has 1 N–H and O–H groups in total. The van der Waals surface area contributed by atoms with E-state index >= 15 is 0 Å². The SMILES string of the molecule is CC1(C)CCC(CN2CCNCC2)C1. The van der Waals surface area contributed by atoms with Gasteiger partial charge in [-0.3, -0.25) is 0 Å². The maximum Gasteiger partial charge on any atom is 0.0107 e. The lowest BCUT2D eigenvalue weighted by atomic mass is 9.90. The smallest absolute Gasteiger partial charge is 0.0107 e. The third-order valence-corrected chi connectivity index (χ3v) is 3.80. The van der Waals surface area contributed by atoms with Crippen LogP contribution in [0.1, 0.15) is 33.1 Å². The van der Waals surface area contributed by atoms with Crippen molar-refractivity contribution in [3.8, 4) is 0 Å². The van der Waals surface area contributed by atoms with Crippen LogP contribution in [0.2, 0.25) is 0 Å². The van der Waals surface area contributed by atoms with Gasteiger partial charge in [0.1, 0.15) is 0 Å². The topological polar surface area (TPSA) is 15.3 Å². The molecule has 14 heavy (non-hydrogen) atoms. The summed E-state index contributed by atoms with van der Waals surface area (Å²) in [4.78, 5) is 2.64. The van der Waals surface area contributed by atoms with Crippen LogP contribution in [0.5, 0.6) is 0 Å². The average molecular weight is 196 g/mol. The van der Waals surface area contributed by atoms with E-state index in [0.29, 0.717) is 5.41 Å². The molecule has 1 saturated heterocycles. The van der Waals surface area contributed by atoms with E-state index < -0.39 is 0 Å². The molecule has 0 bridgehead atoms. The molecule has 82 valence electrons. The van der Waals surface area contributed by atoms with E-state index in [9.17, 15) is 0 Å². The van der Waals surface area contributed by atoms with Crippen molar-refractivity contribution in [2.24, 2.45) is 11.3 Å². The third-order valence-electron chi connectivity index (χ3n) is 3.80. The summed E-state index contributed by atoms with van der Waals surface area (Å²) < 4.78 is 0. The molecule has 0 radical (unpaired) electrons. The van der Waals surface area contributed by atoms with Crippen molar-refractivity contribution in [3.63, 3.8) is 0 Å². The fourth-order valence-corrected chi connectivity index (χ4v) is 3.00. The van der Waals surface area contributed by atoms with Crippen molar-refractivity contribution in [1.82, 2.24) is 10.2 Å². The molecule has 1 atom stereocenters. The van der Waals surface area contributed by atoms with Crippen molar-refractivity contribution in [3.05, 3.63) is 0 Å². The lowest BCUT2D eigenvalue weighted by molar-refractivity contribution is 0.200. The second kappa shape index (κ2) is 4.19. The Hall–Kier alpha value is -0.0800. The van der Waals surface area contributed by atoms with Crippen molar-refractivity contribution >= 4 is 0 Å². The first-order valence-electron chi connectivity index (χ1n) is 6.09. The van der Waals surface area contributed by atoms with Gasteiger partial charge in [-0.05, 0) is 30.6 Å². The predicted molar refractivity (Wildman–Crippen MR) is 60.4 cm³/mol. The van der Waals surface area contributed by atoms with Gasteiger partial charge in [-0.1, -0.05) is 13.8 Å². The highest BCUT2D eigenvalue weighted by Gasteiger charge is 2.31. The van der Waals surface area contributed by atoms with E-state index in [4.69, 9.17) is 0 Å². The van der Waals surface area contributed by atoms with E-state index in [1.54, 1.807) is 0 Å². The zero-order valence-corrected chi connectivity index (χ0v) is 9.68. The molecule has 2 aliphatic rings. The highest BCUT2D eigenvalue weighted by atomic mass is 15.2. The summed E-state index contributed by atoms with van der Waals surface area (Å²) in [7, 11) is 0. The van der Waals surface area contributed by atoms with Gasteiger partial charge in [0.05, 0.1) is 0 Å². The van der Waals surface area contributed by atoms with Crippen LogP contribution in [0.3, 0.4) is 0 Å². The fourth-order valence-electron chi connectivity index (χ4n) is 3.00. The van der Waals surface area contributed by atoms with Crippen molar-refractivity contribution in [1.29, 1.82) is 0 Å². The number of nitrogens with one attached hydrogen (secondary N) is 1. The molecule has 1 saturated carbocycles. The Morgan fingerprint density at radius 1 is 1.29 bits per heavy atom. The monoisotopic (exact) mass is 196 g/mol. The Morgan fingerprint density at radius 2 is 2.00 bits per heavy atom. The van der Waals surface area contributed by atoms with E-state index in [-0.39, 0.29) is 0 Å². The molecule has 1 aliphatic heterocycles. The maximum atomic E-state index is 3.41. The van der Waals surface area contributed by atoms with Crippen LogP contribution in [0.25, 0.3) is 0 Å². The Labute approximate surface area is 88.1 Å². The van der Waals surface area contributed by atoms with Crippen LogP contribution >= 0.6 is 0 Å². The summed E-state index contributed by atoms with van der Waals surface area (Å²) in [5, 5.41) is 3.41. The second-order valence-corrected chi connectivity index (χ2v) is 5.82. The Morgan fingerprint density at radius 3 is 2.57 bits per heavy atom. The molecule has 2 fully saturated rings. The molecule has 2 heteroatoms. The number of piperazine rings is 1. The van der Waals surface area contributed by atoms with E-state index in [0.717, 1.165) is 5.92 Å². The fraction of sp³-hybridized carbons (Fsp3) is 1.00. The number of hydrogen-bond donors (Lipinski definition) is 1. The van der Waals surface area contributed by atoms with Crippen LogP contribution < -0.4 is 5.32 Å². The number of rotatable bonds is 2. The molecule has 1 heterocycles. The van der Waals surface area contributed by atoms with Gasteiger partial charge in [-0.2, -0.15) is 0 Å². The standard InChI is InChI=1S/C12H24N2/c1-12(2)4-3-11(9-12)10-14-7-5-13-6-8-14/h11,13H,3-10H2,1-2H3. The summed E-state index contributed by atoms with van der Waals surface area (Å²) >= 11 is 0. The van der Waals surface area contributed by atoms with Crippen LogP contribution in [0.4, 0.5) is 0 Å². The van der Waals surface area contributed by atoms with E-state index in [1.807, 2.05) is 0 Å². The van der Waals surface area contributed by atoms with Crippen molar-refractivity contribution in [2.75, 3.05) is 32.7 Å². The molecule has 1 unspecified atom stereocenters. The Kier molecular flexibility index (Phi) is 3.13. The highest BCUT2D eigenvalue weighted by Crippen LogP contribution is 2.41. The van der Waals surface area contributed by atoms with E-state index in [2.05, 4.69) is 24.1 Å². The van der Waals surface area contributed by atoms with Crippen molar-refractivity contribution < 1.29 is 0 Å². The van der Waals surface area contributed by atoms with E-state index in [1.165, 1.54) is 52.0 Å². The lowest BCUT2D eigenvalue weighted by Crippen LogP contribution is -2.45. The van der Waals surface area contributed by atoms with Gasteiger partial charge in [0.25, 0.3) is 0 Å². The second-order valence-electron chi connectivity index (χ2n) is 5.82. The van der Waals surface area contributed by atoms with Crippen LogP contribution in [-0.2, 0) is 0 Å². The minimum absolute atomic E-state index is 0.624. The number of nitrogens with zero attached hydrogens (tertiary/aromatic N) is 1. The summed E-state index contributed by atoms with van der Waals surface area (Å²) in [6.07, 6.45) is 4.33. The van der Waals surface area contributed by atoms with Gasteiger partial charge in [0.15, 0.2) is 0 Å². The Bertz CT molecular complexity index is 183. The molecule has 0 amide bonds. The first kappa shape index (κ1) is 10.4. The third kappa shape index (κ3) is 2.71. The van der Waals surface area contributed by atoms with Gasteiger partial charge < -0.3 is 10.2 Å². The molecule has 0 aromatic carbocycles. The molecule has 0 aromatic heterocycles. The van der Waals surface area contributed by atoms with Gasteiger partial charge in [0, 0.05) is 32.7 Å². The van der Waals surface area contributed by atoms with Crippen molar-refractivity contribution in [2.45, 2.75) is 33.1 Å². The Balaban J connectivity index is 1.75. The quantitative estimate of drug-likeness (QED) is 0.723. The maximum absolute atomic E-state index is 3.41. The van der Waals surface area contributed by atoms with Gasteiger partial charge in [0.2, 0.25) is 0 Å². The molecule has 2 rings (SSSR count). The van der Waals surface area contributed by atoms with Crippen LogP contribution in [0.15, 0.2) is 0 Å². The molecule has 0 aromatic rings. The summed E-state index contributed by atoms with van der Waals surface area (Å²) in [5.74, 6) is 0.975. The normalized spacial score (nSPS) is 33.4. The molecule has 2 nitrogen and oxygen atoms in total. The molecule has 1 aliphatic carbocycles.